The minimum absolute atomic E-state index is 0.198. The third-order valence-electron chi connectivity index (χ3n) is 3.53. The lowest BCUT2D eigenvalue weighted by Crippen LogP contribution is -2.55. The molecule has 0 radical (unpaired) electrons. The number of alkyl halides is 3. The molecular weight excluding hydrogens is 231 g/mol. The zero-order chi connectivity index (χ0) is 13.2. The van der Waals surface area contributed by atoms with Crippen molar-refractivity contribution in [3.63, 3.8) is 0 Å². The van der Waals surface area contributed by atoms with Gasteiger partial charge in [0.25, 0.3) is 0 Å². The van der Waals surface area contributed by atoms with Gasteiger partial charge in [-0.25, -0.2) is 0 Å². The van der Waals surface area contributed by atoms with E-state index in [9.17, 15) is 13.2 Å². The first kappa shape index (κ1) is 14.7. The van der Waals surface area contributed by atoms with Crippen molar-refractivity contribution in [3.8, 4) is 0 Å². The number of likely N-dealkylation sites (N-methyl/N-ethyl adjacent to an activating group) is 1. The van der Waals surface area contributed by atoms with Crippen LogP contribution in [0.5, 0.6) is 0 Å². The summed E-state index contributed by atoms with van der Waals surface area (Å²) in [6.45, 7) is 2.62. The molecular formula is C11H22F3N3. The lowest BCUT2D eigenvalue weighted by Gasteiger charge is -2.34. The summed E-state index contributed by atoms with van der Waals surface area (Å²) in [5, 5.41) is 0. The van der Waals surface area contributed by atoms with Gasteiger partial charge in [-0.3, -0.25) is 4.90 Å². The maximum atomic E-state index is 13.0. The van der Waals surface area contributed by atoms with Crippen LogP contribution in [0, 0.1) is 0 Å². The van der Waals surface area contributed by atoms with Gasteiger partial charge in [0.2, 0.25) is 0 Å². The summed E-state index contributed by atoms with van der Waals surface area (Å²) in [6.07, 6.45) is -3.13. The van der Waals surface area contributed by atoms with Crippen LogP contribution in [0.3, 0.4) is 0 Å². The summed E-state index contributed by atoms with van der Waals surface area (Å²) in [5.41, 5.74) is 5.63. The molecule has 3 unspecified atom stereocenters. The molecule has 3 atom stereocenters. The van der Waals surface area contributed by atoms with Crippen LogP contribution in [0.2, 0.25) is 0 Å². The van der Waals surface area contributed by atoms with Crippen molar-refractivity contribution in [3.05, 3.63) is 0 Å². The van der Waals surface area contributed by atoms with Crippen LogP contribution in [0.1, 0.15) is 19.8 Å². The molecule has 0 aromatic heterocycles. The summed E-state index contributed by atoms with van der Waals surface area (Å²) in [5.74, 6) is 0. The summed E-state index contributed by atoms with van der Waals surface area (Å²) in [4.78, 5) is 3.46. The standard InChI is InChI=1S/C11H22F3N3/c1-4-9(15)10(11(12,13)14)17-6-5-8(7-17)16(2)3/h8-10H,4-7,15H2,1-3H3. The molecule has 1 aliphatic heterocycles. The smallest absolute Gasteiger partial charge is 0.326 e. The predicted octanol–water partition coefficient (Wildman–Crippen LogP) is 1.29. The molecule has 1 saturated heterocycles. The minimum atomic E-state index is -4.24. The van der Waals surface area contributed by atoms with E-state index in [0.717, 1.165) is 6.42 Å². The average molecular weight is 253 g/mol. The van der Waals surface area contributed by atoms with E-state index >= 15 is 0 Å². The highest BCUT2D eigenvalue weighted by atomic mass is 19.4. The molecule has 0 spiro atoms. The van der Waals surface area contributed by atoms with Crippen LogP contribution in [-0.2, 0) is 0 Å². The Balaban J connectivity index is 2.73. The first-order valence-electron chi connectivity index (χ1n) is 6.00. The second-order valence-electron chi connectivity index (χ2n) is 4.96. The predicted molar refractivity (Wildman–Crippen MR) is 61.8 cm³/mol. The van der Waals surface area contributed by atoms with Crippen LogP contribution in [-0.4, -0.2) is 61.3 Å². The second-order valence-corrected chi connectivity index (χ2v) is 4.96. The van der Waals surface area contributed by atoms with Crippen molar-refractivity contribution >= 4 is 0 Å². The average Bonchev–Trinajstić information content (AvgIpc) is 2.64. The third-order valence-corrected chi connectivity index (χ3v) is 3.53. The van der Waals surface area contributed by atoms with Gasteiger partial charge >= 0.3 is 6.18 Å². The Hall–Kier alpha value is -0.330. The van der Waals surface area contributed by atoms with Crippen LogP contribution in [0.25, 0.3) is 0 Å². The molecule has 1 rings (SSSR count). The zero-order valence-electron chi connectivity index (χ0n) is 10.7. The Morgan fingerprint density at radius 1 is 1.41 bits per heavy atom. The normalized spacial score (nSPS) is 26.5. The fourth-order valence-electron chi connectivity index (χ4n) is 2.39. The van der Waals surface area contributed by atoms with Gasteiger partial charge in [-0.2, -0.15) is 13.2 Å². The molecule has 0 aromatic rings. The monoisotopic (exact) mass is 253 g/mol. The van der Waals surface area contributed by atoms with Gasteiger partial charge in [-0.15, -0.1) is 0 Å². The van der Waals surface area contributed by atoms with E-state index in [0.29, 0.717) is 19.5 Å². The number of halogens is 3. The maximum Gasteiger partial charge on any atom is 0.405 e. The number of likely N-dealkylation sites (tertiary alicyclic amines) is 1. The van der Waals surface area contributed by atoms with Gasteiger partial charge in [0.15, 0.2) is 0 Å². The fourth-order valence-corrected chi connectivity index (χ4v) is 2.39. The largest absolute Gasteiger partial charge is 0.405 e. The van der Waals surface area contributed by atoms with Crippen molar-refractivity contribution in [1.29, 1.82) is 0 Å². The van der Waals surface area contributed by atoms with E-state index in [1.807, 2.05) is 19.0 Å². The molecule has 3 nitrogen and oxygen atoms in total. The van der Waals surface area contributed by atoms with Crippen molar-refractivity contribution in [1.82, 2.24) is 9.80 Å². The van der Waals surface area contributed by atoms with E-state index in [-0.39, 0.29) is 6.04 Å². The van der Waals surface area contributed by atoms with Crippen LogP contribution in [0.4, 0.5) is 13.2 Å². The van der Waals surface area contributed by atoms with Crippen molar-refractivity contribution in [2.24, 2.45) is 5.73 Å². The van der Waals surface area contributed by atoms with Gasteiger partial charge in [0, 0.05) is 25.2 Å². The maximum absolute atomic E-state index is 13.0. The highest BCUT2D eigenvalue weighted by Crippen LogP contribution is 2.30. The van der Waals surface area contributed by atoms with E-state index in [1.165, 1.54) is 4.90 Å². The van der Waals surface area contributed by atoms with Gasteiger partial charge < -0.3 is 10.6 Å². The number of nitrogens with zero attached hydrogens (tertiary/aromatic N) is 2. The number of hydrogen-bond donors (Lipinski definition) is 1. The molecule has 0 amide bonds. The van der Waals surface area contributed by atoms with E-state index < -0.39 is 18.3 Å². The van der Waals surface area contributed by atoms with Gasteiger partial charge in [-0.05, 0) is 26.9 Å². The molecule has 0 bridgehead atoms. The molecule has 102 valence electrons. The summed E-state index contributed by atoms with van der Waals surface area (Å²) < 4.78 is 39.0. The number of rotatable bonds is 4. The summed E-state index contributed by atoms with van der Waals surface area (Å²) in [7, 11) is 3.80. The molecule has 1 fully saturated rings. The van der Waals surface area contributed by atoms with Gasteiger partial charge in [0.1, 0.15) is 6.04 Å². The first-order chi connectivity index (χ1) is 7.77. The SMILES string of the molecule is CCC(N)C(N1CCC(N(C)C)C1)C(F)(F)F. The van der Waals surface area contributed by atoms with Crippen LogP contribution >= 0.6 is 0 Å². The van der Waals surface area contributed by atoms with Gasteiger partial charge in [0.05, 0.1) is 0 Å². The second kappa shape index (κ2) is 5.54. The minimum Gasteiger partial charge on any atom is -0.326 e. The summed E-state index contributed by atoms with van der Waals surface area (Å²) in [6, 6.07) is -2.14. The molecule has 1 heterocycles. The van der Waals surface area contributed by atoms with Crippen molar-refractivity contribution in [2.45, 2.75) is 44.1 Å². The highest BCUT2D eigenvalue weighted by molar-refractivity contribution is 4.93. The Morgan fingerprint density at radius 2 is 2.00 bits per heavy atom. The lowest BCUT2D eigenvalue weighted by molar-refractivity contribution is -0.187. The Bertz CT molecular complexity index is 243. The Labute approximate surface area is 101 Å². The first-order valence-corrected chi connectivity index (χ1v) is 6.00. The molecule has 1 aliphatic rings. The molecule has 0 saturated carbocycles. The topological polar surface area (TPSA) is 32.5 Å². The van der Waals surface area contributed by atoms with E-state index in [1.54, 1.807) is 6.92 Å². The fraction of sp³-hybridized carbons (Fsp3) is 1.00. The molecule has 6 heteroatoms. The van der Waals surface area contributed by atoms with Crippen LogP contribution < -0.4 is 5.73 Å². The molecule has 2 N–H and O–H groups in total. The number of hydrogen-bond acceptors (Lipinski definition) is 3. The van der Waals surface area contributed by atoms with E-state index in [2.05, 4.69) is 0 Å². The summed E-state index contributed by atoms with van der Waals surface area (Å²) >= 11 is 0. The lowest BCUT2D eigenvalue weighted by atomic mass is 10.0. The highest BCUT2D eigenvalue weighted by Gasteiger charge is 2.48. The molecule has 17 heavy (non-hydrogen) atoms. The molecule has 0 aromatic carbocycles. The van der Waals surface area contributed by atoms with Crippen molar-refractivity contribution < 1.29 is 13.2 Å². The molecule has 0 aliphatic carbocycles. The quantitative estimate of drug-likeness (QED) is 0.819. The van der Waals surface area contributed by atoms with E-state index in [4.69, 9.17) is 5.73 Å². The Morgan fingerprint density at radius 3 is 2.35 bits per heavy atom. The van der Waals surface area contributed by atoms with Crippen molar-refractivity contribution in [2.75, 3.05) is 27.2 Å². The third kappa shape index (κ3) is 3.56. The Kier molecular flexibility index (Phi) is 4.80. The van der Waals surface area contributed by atoms with Crippen LogP contribution in [0.15, 0.2) is 0 Å². The van der Waals surface area contributed by atoms with Gasteiger partial charge in [-0.1, -0.05) is 6.92 Å². The number of nitrogens with two attached hydrogens (primary N) is 1. The zero-order valence-corrected chi connectivity index (χ0v) is 10.7.